The number of rotatable bonds is 5. The molecule has 1 N–H and O–H groups in total. The Morgan fingerprint density at radius 3 is 2.60 bits per heavy atom. The maximum Gasteiger partial charge on any atom is 0.265 e. The average Bonchev–Trinajstić information content (AvgIpc) is 2.89. The highest BCUT2D eigenvalue weighted by atomic mass is 19.3. The molecular formula is C28H26F2N4O. The number of carbonyl (C=O) groups excluding carboxylic acids is 1. The molecule has 2 aromatic heterocycles. The van der Waals surface area contributed by atoms with E-state index in [0.717, 1.165) is 42.3 Å². The summed E-state index contributed by atoms with van der Waals surface area (Å²) in [4.78, 5) is 23.6. The Morgan fingerprint density at radius 1 is 0.971 bits per heavy atom. The van der Waals surface area contributed by atoms with Gasteiger partial charge in [0.05, 0.1) is 0 Å². The van der Waals surface area contributed by atoms with Crippen molar-refractivity contribution in [1.29, 1.82) is 0 Å². The van der Waals surface area contributed by atoms with Crippen LogP contribution in [0, 0.1) is 0 Å². The Bertz CT molecular complexity index is 1370. The summed E-state index contributed by atoms with van der Waals surface area (Å²) in [6.07, 6.45) is 4.03. The number of aromatic nitrogens is 2. The summed E-state index contributed by atoms with van der Waals surface area (Å²) >= 11 is 0. The zero-order valence-electron chi connectivity index (χ0n) is 19.4. The van der Waals surface area contributed by atoms with Gasteiger partial charge in [0, 0.05) is 40.7 Å². The van der Waals surface area contributed by atoms with Crippen LogP contribution in [-0.4, -0.2) is 40.9 Å². The Labute approximate surface area is 202 Å². The average molecular weight is 473 g/mol. The summed E-state index contributed by atoms with van der Waals surface area (Å²) in [6.45, 7) is 2.12. The molecule has 0 spiro atoms. The number of benzene rings is 2. The number of nitrogens with one attached hydrogen (secondary N) is 1. The van der Waals surface area contributed by atoms with Gasteiger partial charge in [-0.05, 0) is 85.7 Å². The molecule has 5 nitrogen and oxygen atoms in total. The summed E-state index contributed by atoms with van der Waals surface area (Å²) in [5, 5.41) is 4.63. The van der Waals surface area contributed by atoms with E-state index in [9.17, 15) is 13.6 Å². The molecule has 1 amide bonds. The summed E-state index contributed by atoms with van der Waals surface area (Å²) in [5.41, 5.74) is 3.06. The zero-order valence-corrected chi connectivity index (χ0v) is 19.4. The van der Waals surface area contributed by atoms with Crippen molar-refractivity contribution in [2.24, 2.45) is 0 Å². The van der Waals surface area contributed by atoms with E-state index in [-0.39, 0.29) is 11.5 Å². The highest BCUT2D eigenvalue weighted by molar-refractivity contribution is 6.04. The van der Waals surface area contributed by atoms with Crippen molar-refractivity contribution < 1.29 is 13.6 Å². The minimum Gasteiger partial charge on any atom is -0.307 e. The van der Waals surface area contributed by atoms with Crippen LogP contribution in [0.1, 0.15) is 46.7 Å². The van der Waals surface area contributed by atoms with Gasteiger partial charge in [0.2, 0.25) is 0 Å². The van der Waals surface area contributed by atoms with Gasteiger partial charge in [0.1, 0.15) is 5.82 Å². The van der Waals surface area contributed by atoms with Crippen molar-refractivity contribution >= 4 is 22.5 Å². The van der Waals surface area contributed by atoms with Crippen LogP contribution in [0.2, 0.25) is 0 Å². The van der Waals surface area contributed by atoms with E-state index < -0.39 is 6.43 Å². The summed E-state index contributed by atoms with van der Waals surface area (Å²) in [7, 11) is 2.14. The third-order valence-electron chi connectivity index (χ3n) is 6.65. The van der Waals surface area contributed by atoms with Crippen molar-refractivity contribution in [2.75, 3.05) is 25.5 Å². The molecule has 4 aromatic rings. The van der Waals surface area contributed by atoms with E-state index in [1.54, 1.807) is 18.5 Å². The quantitative estimate of drug-likeness (QED) is 0.371. The molecule has 1 aliphatic heterocycles. The Balaban J connectivity index is 1.36. The first-order valence-corrected chi connectivity index (χ1v) is 11.7. The van der Waals surface area contributed by atoms with Crippen molar-refractivity contribution in [3.63, 3.8) is 0 Å². The van der Waals surface area contributed by atoms with E-state index in [1.807, 2.05) is 36.4 Å². The Kier molecular flexibility index (Phi) is 6.51. The van der Waals surface area contributed by atoms with E-state index in [0.29, 0.717) is 22.9 Å². The van der Waals surface area contributed by atoms with Gasteiger partial charge in [-0.1, -0.05) is 24.3 Å². The maximum atomic E-state index is 13.1. The molecule has 1 saturated heterocycles. The number of likely N-dealkylation sites (tertiary alicyclic amines) is 1. The second-order valence-electron chi connectivity index (χ2n) is 9.10. The Hall–Kier alpha value is -3.71. The second-order valence-corrected chi connectivity index (χ2v) is 9.10. The summed E-state index contributed by atoms with van der Waals surface area (Å²) in [6, 6.07) is 16.7. The SMILES string of the molecule is CN1CCC(c2cccc(C(=O)Nc3cc4cc(-c5cncc(C(F)F)c5)ccc4cn3)c2)CC1. The lowest BCUT2D eigenvalue weighted by Gasteiger charge is -2.29. The lowest BCUT2D eigenvalue weighted by atomic mass is 9.89. The molecule has 2 aromatic carbocycles. The molecule has 0 radical (unpaired) electrons. The number of hydrogen-bond acceptors (Lipinski definition) is 4. The van der Waals surface area contributed by atoms with Crippen LogP contribution < -0.4 is 5.32 Å². The maximum absolute atomic E-state index is 13.1. The van der Waals surface area contributed by atoms with Gasteiger partial charge in [-0.2, -0.15) is 0 Å². The van der Waals surface area contributed by atoms with Crippen LogP contribution in [0.5, 0.6) is 0 Å². The normalized spacial score (nSPS) is 15.0. The van der Waals surface area contributed by atoms with Crippen molar-refractivity contribution in [3.8, 4) is 11.1 Å². The number of pyridine rings is 2. The molecule has 0 atom stereocenters. The fourth-order valence-corrected chi connectivity index (χ4v) is 4.59. The summed E-state index contributed by atoms with van der Waals surface area (Å²) in [5.74, 6) is 0.689. The highest BCUT2D eigenvalue weighted by Gasteiger charge is 2.19. The van der Waals surface area contributed by atoms with Crippen LogP contribution >= 0.6 is 0 Å². The molecule has 3 heterocycles. The van der Waals surface area contributed by atoms with Gasteiger partial charge in [0.15, 0.2) is 0 Å². The van der Waals surface area contributed by atoms with E-state index in [1.165, 1.54) is 17.8 Å². The number of nitrogens with zero attached hydrogens (tertiary/aromatic N) is 3. The standard InChI is InChI=1S/C28H26F2N4O/c1-34-9-7-18(8-10-34)19-3-2-4-21(11-19)28(35)33-26-14-23-12-20(5-6-22(23)17-32-26)24-13-25(27(29)30)16-31-15-24/h2-6,11-18,27H,7-10H2,1H3,(H,32,33,35). The summed E-state index contributed by atoms with van der Waals surface area (Å²) < 4.78 is 26.2. The molecule has 0 bridgehead atoms. The topological polar surface area (TPSA) is 58.1 Å². The lowest BCUT2D eigenvalue weighted by molar-refractivity contribution is 0.102. The minimum atomic E-state index is -2.58. The number of anilines is 1. The fourth-order valence-electron chi connectivity index (χ4n) is 4.59. The minimum absolute atomic E-state index is 0.118. The molecule has 0 saturated carbocycles. The predicted molar refractivity (Wildman–Crippen MR) is 134 cm³/mol. The number of piperidine rings is 1. The Morgan fingerprint density at radius 2 is 1.80 bits per heavy atom. The van der Waals surface area contributed by atoms with Gasteiger partial charge in [-0.3, -0.25) is 9.78 Å². The highest BCUT2D eigenvalue weighted by Crippen LogP contribution is 2.29. The number of alkyl halides is 2. The molecule has 0 aliphatic carbocycles. The first-order chi connectivity index (χ1) is 17.0. The molecule has 35 heavy (non-hydrogen) atoms. The molecule has 0 unspecified atom stereocenters. The van der Waals surface area contributed by atoms with Gasteiger partial charge < -0.3 is 10.2 Å². The van der Waals surface area contributed by atoms with Crippen LogP contribution in [0.3, 0.4) is 0 Å². The zero-order chi connectivity index (χ0) is 24.4. The molecule has 7 heteroatoms. The first kappa shape index (κ1) is 23.1. The van der Waals surface area contributed by atoms with E-state index in [4.69, 9.17) is 0 Å². The number of fused-ring (bicyclic) bond motifs is 1. The van der Waals surface area contributed by atoms with Gasteiger partial charge in [-0.25, -0.2) is 13.8 Å². The molecule has 178 valence electrons. The van der Waals surface area contributed by atoms with Crippen LogP contribution in [-0.2, 0) is 0 Å². The van der Waals surface area contributed by atoms with E-state index in [2.05, 4.69) is 33.3 Å². The predicted octanol–water partition coefficient (Wildman–Crippen LogP) is 6.30. The molecule has 1 fully saturated rings. The van der Waals surface area contributed by atoms with Crippen molar-refractivity contribution in [1.82, 2.24) is 14.9 Å². The first-order valence-electron chi connectivity index (χ1n) is 11.7. The fraction of sp³-hybridized carbons (Fsp3) is 0.250. The monoisotopic (exact) mass is 472 g/mol. The largest absolute Gasteiger partial charge is 0.307 e. The van der Waals surface area contributed by atoms with Crippen LogP contribution in [0.25, 0.3) is 21.9 Å². The molecule has 1 aliphatic rings. The number of hydrogen-bond donors (Lipinski definition) is 1. The lowest BCUT2D eigenvalue weighted by Crippen LogP contribution is -2.29. The third-order valence-corrected chi connectivity index (χ3v) is 6.65. The van der Waals surface area contributed by atoms with Crippen LogP contribution in [0.4, 0.5) is 14.6 Å². The third kappa shape index (κ3) is 5.20. The van der Waals surface area contributed by atoms with E-state index >= 15 is 0 Å². The number of carbonyl (C=O) groups is 1. The number of amides is 1. The van der Waals surface area contributed by atoms with Crippen molar-refractivity contribution in [3.05, 3.63) is 89.9 Å². The smallest absolute Gasteiger partial charge is 0.265 e. The van der Waals surface area contributed by atoms with Crippen molar-refractivity contribution in [2.45, 2.75) is 25.2 Å². The second kappa shape index (κ2) is 9.88. The van der Waals surface area contributed by atoms with Gasteiger partial charge >= 0.3 is 0 Å². The van der Waals surface area contributed by atoms with Gasteiger partial charge in [0.25, 0.3) is 12.3 Å². The number of halogens is 2. The van der Waals surface area contributed by atoms with Crippen LogP contribution in [0.15, 0.2) is 73.2 Å². The molecule has 5 rings (SSSR count). The van der Waals surface area contributed by atoms with Gasteiger partial charge in [-0.15, -0.1) is 0 Å². The molecular weight excluding hydrogens is 446 g/mol.